The Morgan fingerprint density at radius 1 is 1.30 bits per heavy atom. The van der Waals surface area contributed by atoms with E-state index in [1.165, 1.54) is 0 Å². The monoisotopic (exact) mass is 286 g/mol. The Hall–Kier alpha value is -1.30. The molecule has 0 aromatic rings. The highest BCUT2D eigenvalue weighted by Crippen LogP contribution is 2.18. The van der Waals surface area contributed by atoms with Gasteiger partial charge in [-0.15, -0.1) is 0 Å². The molecule has 6 heteroatoms. The summed E-state index contributed by atoms with van der Waals surface area (Å²) in [5, 5.41) is 14.6. The second-order valence-corrected chi connectivity index (χ2v) is 6.01. The van der Waals surface area contributed by atoms with Crippen molar-refractivity contribution in [1.29, 1.82) is 0 Å². The molecule has 1 aliphatic heterocycles. The normalized spacial score (nSPS) is 23.6. The van der Waals surface area contributed by atoms with Crippen LogP contribution in [-0.4, -0.2) is 41.9 Å². The van der Waals surface area contributed by atoms with Crippen LogP contribution in [0.2, 0.25) is 0 Å². The van der Waals surface area contributed by atoms with E-state index < -0.39 is 17.5 Å². The predicted octanol–water partition coefficient (Wildman–Crippen LogP) is 1.74. The minimum Gasteiger partial charge on any atom is -0.479 e. The lowest BCUT2D eigenvalue weighted by molar-refractivity contribution is -0.144. The Labute approximate surface area is 120 Å². The molecule has 2 amide bonds. The van der Waals surface area contributed by atoms with Crippen molar-refractivity contribution >= 4 is 12.0 Å². The quantitative estimate of drug-likeness (QED) is 0.665. The molecule has 0 radical (unpaired) electrons. The van der Waals surface area contributed by atoms with E-state index in [9.17, 15) is 14.7 Å². The van der Waals surface area contributed by atoms with E-state index in [4.69, 9.17) is 4.74 Å². The Bertz CT molecular complexity index is 338. The summed E-state index contributed by atoms with van der Waals surface area (Å²) in [6, 6.07) is -0.406. The second kappa shape index (κ2) is 7.47. The first kappa shape index (κ1) is 16.8. The summed E-state index contributed by atoms with van der Waals surface area (Å²) >= 11 is 0. The minimum absolute atomic E-state index is 0.0253. The zero-order valence-corrected chi connectivity index (χ0v) is 12.6. The number of ether oxygens (including phenoxy) is 1. The van der Waals surface area contributed by atoms with Gasteiger partial charge in [-0.2, -0.15) is 0 Å². The molecule has 1 heterocycles. The van der Waals surface area contributed by atoms with Gasteiger partial charge in [-0.05, 0) is 19.3 Å². The van der Waals surface area contributed by atoms with E-state index >= 15 is 0 Å². The number of hydrogen-bond acceptors (Lipinski definition) is 3. The van der Waals surface area contributed by atoms with E-state index in [0.29, 0.717) is 18.9 Å². The van der Waals surface area contributed by atoms with Crippen LogP contribution >= 0.6 is 0 Å². The predicted molar refractivity (Wildman–Crippen MR) is 75.6 cm³/mol. The number of carbonyl (C=O) groups excluding carboxylic acids is 1. The van der Waals surface area contributed by atoms with Crippen LogP contribution in [0.15, 0.2) is 0 Å². The van der Waals surface area contributed by atoms with Crippen molar-refractivity contribution in [3.63, 3.8) is 0 Å². The summed E-state index contributed by atoms with van der Waals surface area (Å²) in [6.45, 7) is 6.65. The van der Waals surface area contributed by atoms with Gasteiger partial charge >= 0.3 is 12.0 Å². The lowest BCUT2D eigenvalue weighted by Crippen LogP contribution is -2.58. The molecule has 20 heavy (non-hydrogen) atoms. The van der Waals surface area contributed by atoms with Crippen LogP contribution in [0.3, 0.4) is 0 Å². The molecule has 1 rings (SSSR count). The number of carboxylic acids is 1. The molecule has 2 atom stereocenters. The van der Waals surface area contributed by atoms with Crippen LogP contribution < -0.4 is 10.6 Å². The number of nitrogens with one attached hydrogen (secondary N) is 2. The van der Waals surface area contributed by atoms with Gasteiger partial charge in [0.05, 0.1) is 6.61 Å². The number of amides is 2. The van der Waals surface area contributed by atoms with Crippen LogP contribution in [0.25, 0.3) is 0 Å². The number of aliphatic carboxylic acids is 1. The maximum absolute atomic E-state index is 11.9. The SMILES string of the molecule is CC(C)CCCC(C)NC(=O)NC1(C(=O)O)CCOC1. The Balaban J connectivity index is 2.36. The summed E-state index contributed by atoms with van der Waals surface area (Å²) in [7, 11) is 0. The van der Waals surface area contributed by atoms with Gasteiger partial charge in [0.15, 0.2) is 5.54 Å². The number of rotatable bonds is 7. The highest BCUT2D eigenvalue weighted by molar-refractivity contribution is 5.86. The van der Waals surface area contributed by atoms with Gasteiger partial charge in [-0.25, -0.2) is 9.59 Å². The van der Waals surface area contributed by atoms with Crippen LogP contribution in [-0.2, 0) is 9.53 Å². The van der Waals surface area contributed by atoms with Crippen molar-refractivity contribution < 1.29 is 19.4 Å². The topological polar surface area (TPSA) is 87.7 Å². The van der Waals surface area contributed by atoms with Gasteiger partial charge in [0.25, 0.3) is 0 Å². The van der Waals surface area contributed by atoms with Gasteiger partial charge in [-0.3, -0.25) is 0 Å². The highest BCUT2D eigenvalue weighted by atomic mass is 16.5. The Kier molecular flexibility index (Phi) is 6.26. The second-order valence-electron chi connectivity index (χ2n) is 6.01. The molecular weight excluding hydrogens is 260 g/mol. The Morgan fingerprint density at radius 2 is 2.00 bits per heavy atom. The van der Waals surface area contributed by atoms with Crippen LogP contribution in [0.5, 0.6) is 0 Å². The molecular formula is C14H26N2O4. The van der Waals surface area contributed by atoms with Gasteiger partial charge in [0.2, 0.25) is 0 Å². The molecule has 0 saturated carbocycles. The van der Waals surface area contributed by atoms with Gasteiger partial charge in [0, 0.05) is 19.1 Å². The van der Waals surface area contributed by atoms with Crippen molar-refractivity contribution in [2.75, 3.05) is 13.2 Å². The lowest BCUT2D eigenvalue weighted by Gasteiger charge is -2.25. The first-order valence-corrected chi connectivity index (χ1v) is 7.25. The molecule has 1 fully saturated rings. The van der Waals surface area contributed by atoms with Crippen molar-refractivity contribution in [2.45, 2.75) is 58.0 Å². The van der Waals surface area contributed by atoms with Crippen molar-refractivity contribution in [3.8, 4) is 0 Å². The molecule has 3 N–H and O–H groups in total. The fraction of sp³-hybridized carbons (Fsp3) is 0.857. The van der Waals surface area contributed by atoms with E-state index in [1.54, 1.807) is 0 Å². The summed E-state index contributed by atoms with van der Waals surface area (Å²) in [5.74, 6) is -0.389. The summed E-state index contributed by atoms with van der Waals surface area (Å²) in [5.41, 5.74) is -1.28. The molecule has 1 saturated heterocycles. The fourth-order valence-corrected chi connectivity index (χ4v) is 2.27. The standard InChI is InChI=1S/C14H26N2O4/c1-10(2)5-4-6-11(3)15-13(19)16-14(12(17)18)7-8-20-9-14/h10-11H,4-9H2,1-3H3,(H,17,18)(H2,15,16,19). The maximum Gasteiger partial charge on any atom is 0.332 e. The Morgan fingerprint density at radius 3 is 2.50 bits per heavy atom. The first-order chi connectivity index (χ1) is 9.35. The molecule has 1 aliphatic rings. The minimum atomic E-state index is -1.28. The van der Waals surface area contributed by atoms with Gasteiger partial charge in [0.1, 0.15) is 0 Å². The lowest BCUT2D eigenvalue weighted by atomic mass is 9.99. The van der Waals surface area contributed by atoms with Crippen molar-refractivity contribution in [3.05, 3.63) is 0 Å². The summed E-state index contributed by atoms with van der Waals surface area (Å²) < 4.78 is 5.10. The van der Waals surface area contributed by atoms with Crippen molar-refractivity contribution in [1.82, 2.24) is 10.6 Å². The summed E-state index contributed by atoms with van der Waals surface area (Å²) in [6.07, 6.45) is 3.37. The van der Waals surface area contributed by atoms with Crippen LogP contribution in [0, 0.1) is 5.92 Å². The molecule has 0 aliphatic carbocycles. The molecule has 0 bridgehead atoms. The molecule has 2 unspecified atom stereocenters. The van der Waals surface area contributed by atoms with Gasteiger partial charge in [-0.1, -0.05) is 26.7 Å². The van der Waals surface area contributed by atoms with Gasteiger partial charge < -0.3 is 20.5 Å². The number of carboxylic acid groups (broad SMARTS) is 1. The number of carbonyl (C=O) groups is 2. The third-order valence-electron chi connectivity index (χ3n) is 3.58. The molecule has 0 spiro atoms. The smallest absolute Gasteiger partial charge is 0.332 e. The van der Waals surface area contributed by atoms with E-state index in [1.807, 2.05) is 6.92 Å². The molecule has 0 aromatic heterocycles. The zero-order chi connectivity index (χ0) is 15.2. The number of urea groups is 1. The third-order valence-corrected chi connectivity index (χ3v) is 3.58. The maximum atomic E-state index is 11.9. The van der Waals surface area contributed by atoms with E-state index in [2.05, 4.69) is 24.5 Å². The summed E-state index contributed by atoms with van der Waals surface area (Å²) in [4.78, 5) is 23.1. The number of hydrogen-bond donors (Lipinski definition) is 3. The van der Waals surface area contributed by atoms with E-state index in [0.717, 1.165) is 19.3 Å². The average molecular weight is 286 g/mol. The molecule has 0 aromatic carbocycles. The van der Waals surface area contributed by atoms with E-state index in [-0.39, 0.29) is 12.6 Å². The van der Waals surface area contributed by atoms with Crippen LogP contribution in [0.4, 0.5) is 4.79 Å². The first-order valence-electron chi connectivity index (χ1n) is 7.25. The third kappa shape index (κ3) is 5.00. The average Bonchev–Trinajstić information content (AvgIpc) is 2.77. The highest BCUT2D eigenvalue weighted by Gasteiger charge is 2.44. The largest absolute Gasteiger partial charge is 0.479 e. The fourth-order valence-electron chi connectivity index (χ4n) is 2.27. The van der Waals surface area contributed by atoms with Crippen LogP contribution in [0.1, 0.15) is 46.5 Å². The molecule has 116 valence electrons. The zero-order valence-electron chi connectivity index (χ0n) is 12.6. The molecule has 6 nitrogen and oxygen atoms in total. The van der Waals surface area contributed by atoms with Crippen molar-refractivity contribution in [2.24, 2.45) is 5.92 Å².